The Morgan fingerprint density at radius 2 is 1.90 bits per heavy atom. The molecule has 0 atom stereocenters. The van der Waals surface area contributed by atoms with E-state index in [1.54, 1.807) is 0 Å². The molecule has 1 aliphatic rings. The molecule has 3 rings (SSSR count). The van der Waals surface area contributed by atoms with E-state index < -0.39 is 5.91 Å². The number of aromatic nitrogens is 1. The lowest BCUT2D eigenvalue weighted by molar-refractivity contribution is -0.123. The summed E-state index contributed by atoms with van der Waals surface area (Å²) in [6.07, 6.45) is 1.76. The number of rotatable bonds is 3. The first-order valence-electron chi connectivity index (χ1n) is 6.36. The zero-order valence-corrected chi connectivity index (χ0v) is 10.6. The van der Waals surface area contributed by atoms with Crippen LogP contribution in [-0.2, 0) is 4.79 Å². The van der Waals surface area contributed by atoms with E-state index in [0.717, 1.165) is 18.4 Å². The lowest BCUT2D eigenvalue weighted by atomic mass is 10.1. The number of hydrogen-bond acceptors (Lipinski definition) is 4. The molecular formula is C14H13N3O3. The molecule has 1 fully saturated rings. The van der Waals surface area contributed by atoms with Crippen molar-refractivity contribution in [2.24, 2.45) is 5.92 Å². The average Bonchev–Trinajstić information content (AvgIpc) is 3.22. The zero-order chi connectivity index (χ0) is 13.9. The van der Waals surface area contributed by atoms with E-state index in [1.165, 1.54) is 6.07 Å². The van der Waals surface area contributed by atoms with Crippen LogP contribution < -0.4 is 10.9 Å². The Balaban J connectivity index is 1.64. The first-order chi connectivity index (χ1) is 9.74. The molecule has 0 bridgehead atoms. The predicted octanol–water partition coefficient (Wildman–Crippen LogP) is 1.51. The molecule has 0 radical (unpaired) electrons. The second-order valence-corrected chi connectivity index (χ2v) is 4.66. The number of benzene rings is 1. The van der Waals surface area contributed by atoms with Crippen LogP contribution in [0.4, 0.5) is 0 Å². The largest absolute Gasteiger partial charge is 0.355 e. The summed E-state index contributed by atoms with van der Waals surface area (Å²) in [5.41, 5.74) is 5.65. The number of carbonyl (C=O) groups excluding carboxylic acids is 2. The molecule has 1 aromatic heterocycles. The van der Waals surface area contributed by atoms with E-state index in [0.29, 0.717) is 5.76 Å². The maximum absolute atomic E-state index is 11.8. The summed E-state index contributed by atoms with van der Waals surface area (Å²) in [6, 6.07) is 10.9. The quantitative estimate of drug-likeness (QED) is 0.829. The highest BCUT2D eigenvalue weighted by atomic mass is 16.5. The highest BCUT2D eigenvalue weighted by Crippen LogP contribution is 2.28. The fraction of sp³-hybridized carbons (Fsp3) is 0.214. The molecule has 0 aliphatic heterocycles. The number of nitrogens with one attached hydrogen (secondary N) is 2. The molecule has 1 saturated carbocycles. The van der Waals surface area contributed by atoms with Crippen LogP contribution in [0, 0.1) is 5.92 Å². The van der Waals surface area contributed by atoms with Crippen molar-refractivity contribution in [2.75, 3.05) is 0 Å². The third-order valence-corrected chi connectivity index (χ3v) is 3.05. The molecule has 20 heavy (non-hydrogen) atoms. The van der Waals surface area contributed by atoms with Gasteiger partial charge < -0.3 is 4.52 Å². The lowest BCUT2D eigenvalue weighted by Gasteiger charge is -2.03. The van der Waals surface area contributed by atoms with Gasteiger partial charge in [0.15, 0.2) is 11.5 Å². The summed E-state index contributed by atoms with van der Waals surface area (Å²) in [7, 11) is 0. The van der Waals surface area contributed by atoms with E-state index in [-0.39, 0.29) is 17.5 Å². The van der Waals surface area contributed by atoms with Gasteiger partial charge in [0.25, 0.3) is 5.91 Å². The molecule has 1 aliphatic carbocycles. The fourth-order valence-electron chi connectivity index (χ4n) is 1.75. The number of nitrogens with zero attached hydrogens (tertiary/aromatic N) is 1. The van der Waals surface area contributed by atoms with Crippen LogP contribution in [0.5, 0.6) is 0 Å². The summed E-state index contributed by atoms with van der Waals surface area (Å²) in [6.45, 7) is 0. The molecule has 6 nitrogen and oxygen atoms in total. The van der Waals surface area contributed by atoms with Gasteiger partial charge in [0.05, 0.1) is 0 Å². The van der Waals surface area contributed by atoms with Crippen molar-refractivity contribution in [3.05, 3.63) is 42.1 Å². The van der Waals surface area contributed by atoms with Gasteiger partial charge in [-0.3, -0.25) is 20.4 Å². The molecule has 0 spiro atoms. The topological polar surface area (TPSA) is 84.2 Å². The van der Waals surface area contributed by atoms with Gasteiger partial charge in [-0.1, -0.05) is 35.5 Å². The van der Waals surface area contributed by atoms with Gasteiger partial charge in [0.1, 0.15) is 0 Å². The van der Waals surface area contributed by atoms with Crippen molar-refractivity contribution in [3.63, 3.8) is 0 Å². The van der Waals surface area contributed by atoms with E-state index in [4.69, 9.17) is 4.52 Å². The van der Waals surface area contributed by atoms with Crippen LogP contribution >= 0.6 is 0 Å². The summed E-state index contributed by atoms with van der Waals surface area (Å²) < 4.78 is 5.11. The van der Waals surface area contributed by atoms with E-state index >= 15 is 0 Å². The first kappa shape index (κ1) is 12.4. The lowest BCUT2D eigenvalue weighted by Crippen LogP contribution is -2.42. The predicted molar refractivity (Wildman–Crippen MR) is 70.3 cm³/mol. The molecule has 0 saturated heterocycles. The van der Waals surface area contributed by atoms with Crippen molar-refractivity contribution in [2.45, 2.75) is 12.8 Å². The van der Waals surface area contributed by atoms with Crippen molar-refractivity contribution in [3.8, 4) is 11.3 Å². The molecule has 0 unspecified atom stereocenters. The monoisotopic (exact) mass is 271 g/mol. The zero-order valence-electron chi connectivity index (χ0n) is 10.6. The Kier molecular flexibility index (Phi) is 3.20. The highest BCUT2D eigenvalue weighted by molar-refractivity contribution is 5.94. The fourth-order valence-corrected chi connectivity index (χ4v) is 1.75. The van der Waals surface area contributed by atoms with Crippen molar-refractivity contribution in [1.82, 2.24) is 16.0 Å². The molecule has 1 aromatic carbocycles. The second kappa shape index (κ2) is 5.16. The number of amides is 2. The van der Waals surface area contributed by atoms with Crippen molar-refractivity contribution < 1.29 is 14.1 Å². The molecular weight excluding hydrogens is 258 g/mol. The van der Waals surface area contributed by atoms with Gasteiger partial charge in [-0.15, -0.1) is 0 Å². The van der Waals surface area contributed by atoms with Crippen molar-refractivity contribution in [1.29, 1.82) is 0 Å². The van der Waals surface area contributed by atoms with Gasteiger partial charge in [-0.05, 0) is 12.8 Å². The average molecular weight is 271 g/mol. The third kappa shape index (κ3) is 2.69. The molecule has 2 N–H and O–H groups in total. The maximum Gasteiger partial charge on any atom is 0.291 e. The highest BCUT2D eigenvalue weighted by Gasteiger charge is 2.30. The normalized spacial score (nSPS) is 13.8. The van der Waals surface area contributed by atoms with Gasteiger partial charge in [0.2, 0.25) is 5.91 Å². The molecule has 2 aromatic rings. The summed E-state index contributed by atoms with van der Waals surface area (Å²) in [5.74, 6) is -0.119. The molecule has 1 heterocycles. The van der Waals surface area contributed by atoms with E-state index in [1.807, 2.05) is 30.3 Å². The summed E-state index contributed by atoms with van der Waals surface area (Å²) >= 11 is 0. The van der Waals surface area contributed by atoms with Crippen LogP contribution in [0.1, 0.15) is 23.3 Å². The minimum Gasteiger partial charge on any atom is -0.355 e. The standard InChI is InChI=1S/C14H13N3O3/c18-13(10-6-7-10)15-16-14(19)11-8-12(20-17-11)9-4-2-1-3-5-9/h1-5,8,10H,6-7H2,(H,15,18)(H,16,19). The van der Waals surface area contributed by atoms with Gasteiger partial charge in [-0.25, -0.2) is 0 Å². The minimum absolute atomic E-state index is 0.0347. The third-order valence-electron chi connectivity index (χ3n) is 3.05. The second-order valence-electron chi connectivity index (χ2n) is 4.66. The Labute approximate surface area is 115 Å². The van der Waals surface area contributed by atoms with Gasteiger partial charge in [-0.2, -0.15) is 0 Å². The van der Waals surface area contributed by atoms with Crippen LogP contribution in [0.25, 0.3) is 11.3 Å². The van der Waals surface area contributed by atoms with E-state index in [9.17, 15) is 9.59 Å². The van der Waals surface area contributed by atoms with E-state index in [2.05, 4.69) is 16.0 Å². The Bertz CT molecular complexity index is 632. The maximum atomic E-state index is 11.8. The van der Waals surface area contributed by atoms with Crippen LogP contribution in [0.2, 0.25) is 0 Å². The first-order valence-corrected chi connectivity index (χ1v) is 6.36. The van der Waals surface area contributed by atoms with Crippen molar-refractivity contribution >= 4 is 11.8 Å². The molecule has 102 valence electrons. The number of hydrazine groups is 1. The van der Waals surface area contributed by atoms with Crippen LogP contribution in [0.15, 0.2) is 40.9 Å². The smallest absolute Gasteiger partial charge is 0.291 e. The minimum atomic E-state index is -0.495. The van der Waals surface area contributed by atoms with Gasteiger partial charge >= 0.3 is 0 Å². The van der Waals surface area contributed by atoms with Crippen LogP contribution in [-0.4, -0.2) is 17.0 Å². The SMILES string of the molecule is O=C(NNC(=O)C1CC1)c1cc(-c2ccccc2)on1. The molecule has 2 amide bonds. The van der Waals surface area contributed by atoms with Gasteiger partial charge in [0, 0.05) is 17.5 Å². The number of hydrogen-bond donors (Lipinski definition) is 2. The van der Waals surface area contributed by atoms with Crippen LogP contribution in [0.3, 0.4) is 0 Å². The Morgan fingerprint density at radius 1 is 1.15 bits per heavy atom. The molecule has 6 heteroatoms. The summed E-state index contributed by atoms with van der Waals surface area (Å²) in [5, 5.41) is 3.69. The number of carbonyl (C=O) groups is 2. The Morgan fingerprint density at radius 3 is 2.60 bits per heavy atom. The Hall–Kier alpha value is -2.63. The summed E-state index contributed by atoms with van der Waals surface area (Å²) in [4.78, 5) is 23.2.